The molecule has 1 heterocycles. The fourth-order valence-electron chi connectivity index (χ4n) is 3.30. The van der Waals surface area contributed by atoms with Crippen molar-refractivity contribution >= 4 is 17.6 Å². The Morgan fingerprint density at radius 3 is 2.50 bits per heavy atom. The Balaban J connectivity index is 2.06. The highest BCUT2D eigenvalue weighted by Gasteiger charge is 2.42. The van der Waals surface area contributed by atoms with E-state index in [2.05, 4.69) is 4.90 Å². The van der Waals surface area contributed by atoms with Crippen LogP contribution >= 0.6 is 11.6 Å². The molecule has 5 heteroatoms. The minimum absolute atomic E-state index is 0.0878. The molecular weight excluding hydrogens is 326 g/mol. The van der Waals surface area contributed by atoms with Gasteiger partial charge in [0.05, 0.1) is 18.1 Å². The van der Waals surface area contributed by atoms with E-state index in [9.17, 15) is 9.90 Å². The van der Waals surface area contributed by atoms with E-state index in [-0.39, 0.29) is 12.1 Å². The zero-order valence-electron chi connectivity index (χ0n) is 14.6. The number of aliphatic hydroxyl groups excluding tert-OH is 1. The van der Waals surface area contributed by atoms with Crippen molar-refractivity contribution in [1.82, 2.24) is 4.90 Å². The maximum atomic E-state index is 12.7. The minimum atomic E-state index is -0.453. The lowest BCUT2D eigenvalue weighted by atomic mass is 9.73. The summed E-state index contributed by atoms with van der Waals surface area (Å²) < 4.78 is 5.39. The van der Waals surface area contributed by atoms with Crippen LogP contribution in [0, 0.1) is 5.41 Å². The maximum absolute atomic E-state index is 12.7. The molecule has 0 spiro atoms. The first-order chi connectivity index (χ1) is 11.4. The van der Waals surface area contributed by atoms with E-state index in [0.29, 0.717) is 18.1 Å². The second-order valence-corrected chi connectivity index (χ2v) is 7.22. The van der Waals surface area contributed by atoms with Gasteiger partial charge < -0.3 is 14.7 Å². The van der Waals surface area contributed by atoms with Crippen LogP contribution in [0.2, 0.25) is 5.02 Å². The predicted octanol–water partition coefficient (Wildman–Crippen LogP) is 3.30. The highest BCUT2D eigenvalue weighted by molar-refractivity contribution is 6.30. The number of halogens is 1. The van der Waals surface area contributed by atoms with Gasteiger partial charge in [0.2, 0.25) is 0 Å². The van der Waals surface area contributed by atoms with E-state index in [1.165, 1.54) is 0 Å². The van der Waals surface area contributed by atoms with Crippen LogP contribution in [0.15, 0.2) is 24.3 Å². The molecule has 1 aliphatic rings. The molecule has 0 aromatic heterocycles. The van der Waals surface area contributed by atoms with Crippen molar-refractivity contribution in [3.05, 3.63) is 34.9 Å². The van der Waals surface area contributed by atoms with Crippen LogP contribution < -0.4 is 0 Å². The molecular formula is C19H28ClNO3. The van der Waals surface area contributed by atoms with E-state index in [4.69, 9.17) is 16.3 Å². The fourth-order valence-corrected chi connectivity index (χ4v) is 3.43. The molecule has 1 aromatic carbocycles. The van der Waals surface area contributed by atoms with E-state index < -0.39 is 5.41 Å². The normalized spacial score (nSPS) is 19.0. The molecule has 1 saturated heterocycles. The fraction of sp³-hybridized carbons (Fsp3) is 0.632. The molecule has 1 fully saturated rings. The number of aliphatic hydroxyl groups is 1. The van der Waals surface area contributed by atoms with E-state index in [0.717, 1.165) is 44.5 Å². The quantitative estimate of drug-likeness (QED) is 0.764. The van der Waals surface area contributed by atoms with Gasteiger partial charge in [-0.25, -0.2) is 0 Å². The Morgan fingerprint density at radius 2 is 1.96 bits per heavy atom. The average Bonchev–Trinajstić information content (AvgIpc) is 2.56. The lowest BCUT2D eigenvalue weighted by molar-refractivity contribution is -0.158. The minimum Gasteiger partial charge on any atom is -0.466 e. The molecule has 0 bridgehead atoms. The number of ether oxygens (including phenoxy) is 1. The third-order valence-electron chi connectivity index (χ3n) is 4.84. The monoisotopic (exact) mass is 353 g/mol. The largest absolute Gasteiger partial charge is 0.466 e. The maximum Gasteiger partial charge on any atom is 0.312 e. The number of hydrogen-bond acceptors (Lipinski definition) is 4. The van der Waals surface area contributed by atoms with Crippen molar-refractivity contribution in [2.24, 2.45) is 5.41 Å². The van der Waals surface area contributed by atoms with Gasteiger partial charge in [0.15, 0.2) is 0 Å². The van der Waals surface area contributed by atoms with E-state index >= 15 is 0 Å². The Bertz CT molecular complexity index is 522. The molecule has 0 aliphatic carbocycles. The van der Waals surface area contributed by atoms with Gasteiger partial charge in [-0.15, -0.1) is 0 Å². The van der Waals surface area contributed by atoms with Gasteiger partial charge in [0.25, 0.3) is 0 Å². The molecule has 0 radical (unpaired) electrons. The summed E-state index contributed by atoms with van der Waals surface area (Å²) in [5, 5.41) is 10.2. The molecule has 24 heavy (non-hydrogen) atoms. The zero-order chi connectivity index (χ0) is 17.6. The third-order valence-corrected chi connectivity index (χ3v) is 5.09. The summed E-state index contributed by atoms with van der Waals surface area (Å²) in [6.07, 6.45) is 2.75. The Labute approximate surface area is 149 Å². The summed E-state index contributed by atoms with van der Waals surface area (Å²) in [6, 6.07) is 7.72. The summed E-state index contributed by atoms with van der Waals surface area (Å²) in [5.41, 5.74) is 0.662. The summed E-state index contributed by atoms with van der Waals surface area (Å²) in [7, 11) is 0. The van der Waals surface area contributed by atoms with Crippen LogP contribution in [0.3, 0.4) is 0 Å². The number of carbonyl (C=O) groups is 1. The predicted molar refractivity (Wildman–Crippen MR) is 96.2 cm³/mol. The molecule has 1 atom stereocenters. The molecule has 2 rings (SSSR count). The Hall–Kier alpha value is -1.10. The van der Waals surface area contributed by atoms with Crippen molar-refractivity contribution in [2.75, 3.05) is 26.2 Å². The SMILES string of the molecule is CCOC(=O)C1(Cc2ccc(Cl)cc2)CCN(CCC(C)O)CC1. The van der Waals surface area contributed by atoms with E-state index in [1.807, 2.05) is 38.1 Å². The van der Waals surface area contributed by atoms with Crippen molar-refractivity contribution < 1.29 is 14.6 Å². The highest BCUT2D eigenvalue weighted by Crippen LogP contribution is 2.37. The number of esters is 1. The number of nitrogens with zero attached hydrogens (tertiary/aromatic N) is 1. The smallest absolute Gasteiger partial charge is 0.312 e. The van der Waals surface area contributed by atoms with Crippen LogP contribution in [0.5, 0.6) is 0 Å². The van der Waals surface area contributed by atoms with Crippen molar-refractivity contribution in [3.8, 4) is 0 Å². The lowest BCUT2D eigenvalue weighted by Crippen LogP contribution is -2.46. The second kappa shape index (κ2) is 8.84. The summed E-state index contributed by atoms with van der Waals surface area (Å²) in [6.45, 7) is 6.67. The number of likely N-dealkylation sites (tertiary alicyclic amines) is 1. The van der Waals surface area contributed by atoms with Gasteiger partial charge >= 0.3 is 5.97 Å². The van der Waals surface area contributed by atoms with Crippen LogP contribution in [0.1, 0.15) is 38.7 Å². The lowest BCUT2D eigenvalue weighted by Gasteiger charge is -2.40. The highest BCUT2D eigenvalue weighted by atomic mass is 35.5. The van der Waals surface area contributed by atoms with Crippen LogP contribution in [-0.2, 0) is 16.0 Å². The molecule has 4 nitrogen and oxygen atoms in total. The van der Waals surface area contributed by atoms with E-state index in [1.54, 1.807) is 0 Å². The Morgan fingerprint density at radius 1 is 1.33 bits per heavy atom. The van der Waals surface area contributed by atoms with Crippen LogP contribution in [0.25, 0.3) is 0 Å². The first kappa shape index (κ1) is 19.2. The number of hydrogen-bond donors (Lipinski definition) is 1. The molecule has 1 unspecified atom stereocenters. The average molecular weight is 354 g/mol. The van der Waals surface area contributed by atoms with Crippen LogP contribution in [-0.4, -0.2) is 48.3 Å². The molecule has 1 N–H and O–H groups in total. The number of piperidine rings is 1. The number of carbonyl (C=O) groups excluding carboxylic acids is 1. The van der Waals surface area contributed by atoms with Gasteiger partial charge in [-0.05, 0) is 70.3 Å². The molecule has 134 valence electrons. The first-order valence-electron chi connectivity index (χ1n) is 8.77. The van der Waals surface area contributed by atoms with Crippen molar-refractivity contribution in [3.63, 3.8) is 0 Å². The summed E-state index contributed by atoms with van der Waals surface area (Å²) in [5.74, 6) is -0.0878. The van der Waals surface area contributed by atoms with Crippen LogP contribution in [0.4, 0.5) is 0 Å². The summed E-state index contributed by atoms with van der Waals surface area (Å²) >= 11 is 5.96. The number of rotatable bonds is 7. The topological polar surface area (TPSA) is 49.8 Å². The second-order valence-electron chi connectivity index (χ2n) is 6.78. The zero-order valence-corrected chi connectivity index (χ0v) is 15.4. The van der Waals surface area contributed by atoms with Gasteiger partial charge in [0, 0.05) is 11.6 Å². The van der Waals surface area contributed by atoms with Gasteiger partial charge in [-0.2, -0.15) is 0 Å². The molecule has 1 aliphatic heterocycles. The molecule has 0 amide bonds. The first-order valence-corrected chi connectivity index (χ1v) is 9.15. The molecule has 1 aromatic rings. The van der Waals surface area contributed by atoms with Crippen molar-refractivity contribution in [1.29, 1.82) is 0 Å². The van der Waals surface area contributed by atoms with Gasteiger partial charge in [-0.3, -0.25) is 4.79 Å². The van der Waals surface area contributed by atoms with Gasteiger partial charge in [0.1, 0.15) is 0 Å². The standard InChI is InChI=1S/C19H28ClNO3/c1-3-24-18(23)19(14-16-4-6-17(20)7-5-16)9-12-21(13-10-19)11-8-15(2)22/h4-7,15,22H,3,8-14H2,1-2H3. The Kier molecular flexibility index (Phi) is 7.08. The summed E-state index contributed by atoms with van der Waals surface area (Å²) in [4.78, 5) is 15.0. The molecule has 0 saturated carbocycles. The van der Waals surface area contributed by atoms with Gasteiger partial charge in [-0.1, -0.05) is 23.7 Å². The van der Waals surface area contributed by atoms with Crippen molar-refractivity contribution in [2.45, 2.75) is 45.6 Å². The third kappa shape index (κ3) is 5.20. The number of benzene rings is 1.